The molecular weight excluding hydrogens is 315 g/mol. The molecule has 3 rings (SSSR count). The lowest BCUT2D eigenvalue weighted by molar-refractivity contribution is 0.386. The van der Waals surface area contributed by atoms with Gasteiger partial charge in [0.2, 0.25) is 5.89 Å². The fraction of sp³-hybridized carbons (Fsp3) is 0.167. The van der Waals surface area contributed by atoms with Gasteiger partial charge >= 0.3 is 4.87 Å². The summed E-state index contributed by atoms with van der Waals surface area (Å²) in [6.07, 6.45) is 0. The molecule has 0 radical (unpaired) electrons. The Morgan fingerprint density at radius 2 is 2.38 bits per heavy atom. The van der Waals surface area contributed by atoms with Gasteiger partial charge in [-0.25, -0.2) is 4.39 Å². The second-order valence-corrected chi connectivity index (χ2v) is 5.33. The molecule has 21 heavy (non-hydrogen) atoms. The zero-order chi connectivity index (χ0) is 15.0. The summed E-state index contributed by atoms with van der Waals surface area (Å²) in [7, 11) is 0. The van der Waals surface area contributed by atoms with E-state index in [2.05, 4.69) is 32.5 Å². The van der Waals surface area contributed by atoms with Crippen molar-refractivity contribution in [1.29, 1.82) is 0 Å². The van der Waals surface area contributed by atoms with Crippen LogP contribution >= 0.6 is 23.6 Å². The monoisotopic (exact) mass is 322 g/mol. The van der Waals surface area contributed by atoms with E-state index >= 15 is 0 Å². The Bertz CT molecular complexity index is 937. The van der Waals surface area contributed by atoms with Crippen molar-refractivity contribution in [3.8, 4) is 0 Å². The first-order chi connectivity index (χ1) is 10.1. The highest BCUT2D eigenvalue weighted by atomic mass is 32.1. The van der Waals surface area contributed by atoms with E-state index in [0.717, 1.165) is 11.3 Å². The van der Waals surface area contributed by atoms with E-state index < -0.39 is 5.82 Å². The van der Waals surface area contributed by atoms with Crippen molar-refractivity contribution >= 4 is 44.6 Å². The Morgan fingerprint density at radius 1 is 1.57 bits per heavy atom. The number of halogens is 1. The van der Waals surface area contributed by atoms with Crippen molar-refractivity contribution < 1.29 is 8.91 Å². The lowest BCUT2D eigenvalue weighted by atomic mass is 10.3. The number of hydrogen-bond acceptors (Lipinski definition) is 7. The van der Waals surface area contributed by atoms with Gasteiger partial charge < -0.3 is 4.52 Å². The van der Waals surface area contributed by atoms with Gasteiger partial charge in [0.05, 0.1) is 21.9 Å². The molecule has 0 saturated carbocycles. The molecule has 0 spiro atoms. The van der Waals surface area contributed by atoms with Crippen LogP contribution in [0.2, 0.25) is 0 Å². The highest BCUT2D eigenvalue weighted by molar-refractivity contribution is 7.78. The summed E-state index contributed by atoms with van der Waals surface area (Å²) >= 11 is 5.42. The number of rotatable bonds is 3. The lowest BCUT2D eigenvalue weighted by Crippen LogP contribution is -2.14. The average molecular weight is 322 g/mol. The van der Waals surface area contributed by atoms with Crippen molar-refractivity contribution in [1.82, 2.24) is 14.7 Å². The van der Waals surface area contributed by atoms with Crippen LogP contribution in [0.5, 0.6) is 0 Å². The summed E-state index contributed by atoms with van der Waals surface area (Å²) in [6.45, 7) is 1.80. The molecule has 0 atom stereocenters. The van der Waals surface area contributed by atoms with Gasteiger partial charge in [0.25, 0.3) is 0 Å². The number of thiocarbonyl (C=S) groups is 1. The van der Waals surface area contributed by atoms with Crippen LogP contribution in [0.3, 0.4) is 0 Å². The first-order valence-corrected chi connectivity index (χ1v) is 7.01. The molecule has 2 heterocycles. The molecule has 106 valence electrons. The maximum atomic E-state index is 13.8. The van der Waals surface area contributed by atoms with E-state index in [9.17, 15) is 9.18 Å². The zero-order valence-electron chi connectivity index (χ0n) is 10.7. The molecular formula is C12H7FN4O2S2. The average Bonchev–Trinajstić information content (AvgIpc) is 2.96. The molecule has 9 heteroatoms. The van der Waals surface area contributed by atoms with Gasteiger partial charge in [0, 0.05) is 6.92 Å². The molecule has 6 nitrogen and oxygen atoms in total. The van der Waals surface area contributed by atoms with Gasteiger partial charge in [0.1, 0.15) is 5.69 Å². The fourth-order valence-corrected chi connectivity index (χ4v) is 2.90. The van der Waals surface area contributed by atoms with Crippen LogP contribution in [0.1, 0.15) is 11.7 Å². The number of hydrogen-bond donors (Lipinski definition) is 0. The van der Waals surface area contributed by atoms with Crippen LogP contribution in [0.25, 0.3) is 10.2 Å². The van der Waals surface area contributed by atoms with Crippen molar-refractivity contribution in [2.45, 2.75) is 13.5 Å². The SMILES string of the molecule is Cc1nc(Cn2c(=O)sc3cc(F)c(N=C=S)cc32)no1. The van der Waals surface area contributed by atoms with Gasteiger partial charge in [-0.3, -0.25) is 9.36 Å². The summed E-state index contributed by atoms with van der Waals surface area (Å²) in [5.74, 6) is 0.233. The van der Waals surface area contributed by atoms with Crippen LogP contribution in [-0.2, 0) is 6.54 Å². The minimum absolute atomic E-state index is 0.0355. The highest BCUT2D eigenvalue weighted by Crippen LogP contribution is 2.27. The predicted molar refractivity (Wildman–Crippen MR) is 78.9 cm³/mol. The number of fused-ring (bicyclic) bond motifs is 1. The first-order valence-electron chi connectivity index (χ1n) is 5.78. The Kier molecular flexibility index (Phi) is 3.46. The summed E-state index contributed by atoms with van der Waals surface area (Å²) < 4.78 is 20.6. The van der Waals surface area contributed by atoms with E-state index in [-0.39, 0.29) is 17.1 Å². The molecule has 0 aliphatic rings. The van der Waals surface area contributed by atoms with Gasteiger partial charge in [-0.2, -0.15) is 9.98 Å². The first kappa shape index (κ1) is 13.7. The van der Waals surface area contributed by atoms with Gasteiger partial charge in [-0.05, 0) is 24.4 Å². The number of aromatic nitrogens is 3. The summed E-state index contributed by atoms with van der Waals surface area (Å²) in [5, 5.41) is 5.86. The predicted octanol–water partition coefficient (Wildman–Crippen LogP) is 2.68. The summed E-state index contributed by atoms with van der Waals surface area (Å²) in [4.78, 5) is 19.5. The van der Waals surface area contributed by atoms with Crippen LogP contribution in [0.4, 0.5) is 10.1 Å². The van der Waals surface area contributed by atoms with Crippen molar-refractivity contribution in [2.75, 3.05) is 0 Å². The van der Waals surface area contributed by atoms with E-state index in [1.165, 1.54) is 16.7 Å². The third-order valence-electron chi connectivity index (χ3n) is 2.77. The third kappa shape index (κ3) is 2.54. The Balaban J connectivity index is 2.17. The van der Waals surface area contributed by atoms with E-state index in [0.29, 0.717) is 21.9 Å². The molecule has 0 saturated heterocycles. The number of benzene rings is 1. The van der Waals surface area contributed by atoms with Crippen molar-refractivity contribution in [3.63, 3.8) is 0 Å². The number of isothiocyanates is 1. The van der Waals surface area contributed by atoms with Gasteiger partial charge in [-0.1, -0.05) is 16.5 Å². The van der Waals surface area contributed by atoms with Crippen LogP contribution < -0.4 is 4.87 Å². The largest absolute Gasteiger partial charge is 0.340 e. The standard InChI is InChI=1S/C12H7FN4O2S2/c1-6-15-11(16-19-6)4-17-9-3-8(14-5-20)7(13)2-10(9)21-12(17)18/h2-3H,4H2,1H3. The molecule has 1 aromatic carbocycles. The normalized spacial score (nSPS) is 10.8. The molecule has 0 N–H and O–H groups in total. The van der Waals surface area contributed by atoms with Crippen molar-refractivity contribution in [3.05, 3.63) is 39.3 Å². The quantitative estimate of drug-likeness (QED) is 0.547. The third-order valence-corrected chi connectivity index (χ3v) is 3.81. The van der Waals surface area contributed by atoms with Gasteiger partial charge in [-0.15, -0.1) is 0 Å². The minimum atomic E-state index is -0.552. The van der Waals surface area contributed by atoms with E-state index in [1.807, 2.05) is 0 Å². The summed E-state index contributed by atoms with van der Waals surface area (Å²) in [6, 6.07) is 2.71. The van der Waals surface area contributed by atoms with Gasteiger partial charge in [0.15, 0.2) is 11.6 Å². The molecule has 0 amide bonds. The molecule has 0 aliphatic carbocycles. The molecule has 0 aliphatic heterocycles. The maximum absolute atomic E-state index is 13.8. The Labute approximate surface area is 126 Å². The van der Waals surface area contributed by atoms with E-state index in [4.69, 9.17) is 4.52 Å². The van der Waals surface area contributed by atoms with E-state index in [1.54, 1.807) is 6.92 Å². The number of thiazole rings is 1. The molecule has 0 fully saturated rings. The second-order valence-electron chi connectivity index (χ2n) is 4.16. The second kappa shape index (κ2) is 5.28. The van der Waals surface area contributed by atoms with Crippen LogP contribution in [0.15, 0.2) is 26.4 Å². The summed E-state index contributed by atoms with van der Waals surface area (Å²) in [5.41, 5.74) is 0.575. The smallest absolute Gasteiger partial charge is 0.308 e. The Hall–Kier alpha value is -2.22. The highest BCUT2D eigenvalue weighted by Gasteiger charge is 2.14. The lowest BCUT2D eigenvalue weighted by Gasteiger charge is -2.01. The fourth-order valence-electron chi connectivity index (χ4n) is 1.90. The van der Waals surface area contributed by atoms with Crippen LogP contribution in [-0.4, -0.2) is 19.9 Å². The van der Waals surface area contributed by atoms with Crippen LogP contribution in [0, 0.1) is 12.7 Å². The zero-order valence-corrected chi connectivity index (χ0v) is 12.3. The van der Waals surface area contributed by atoms with Crippen molar-refractivity contribution in [2.24, 2.45) is 4.99 Å². The maximum Gasteiger partial charge on any atom is 0.308 e. The molecule has 2 aromatic heterocycles. The molecule has 3 aromatic rings. The number of aliphatic imine (C=N–C) groups is 1. The molecule has 0 unspecified atom stereocenters. The Morgan fingerprint density at radius 3 is 3.05 bits per heavy atom. The minimum Gasteiger partial charge on any atom is -0.340 e. The number of nitrogens with zero attached hydrogens (tertiary/aromatic N) is 4. The molecule has 0 bridgehead atoms. The topological polar surface area (TPSA) is 73.3 Å². The number of aryl methyl sites for hydroxylation is 1.